The minimum atomic E-state index is -2.14. The summed E-state index contributed by atoms with van der Waals surface area (Å²) in [5.74, 6) is -9.55. The van der Waals surface area contributed by atoms with Gasteiger partial charge in [-0.15, -0.1) is 0 Å². The van der Waals surface area contributed by atoms with Crippen LogP contribution in [0.1, 0.15) is 24.1 Å². The van der Waals surface area contributed by atoms with E-state index in [1.165, 1.54) is 11.3 Å². The fourth-order valence-corrected chi connectivity index (χ4v) is 2.78. The molecule has 1 atom stereocenters. The Morgan fingerprint density at radius 1 is 1.00 bits per heavy atom. The summed E-state index contributed by atoms with van der Waals surface area (Å²) in [6.07, 6.45) is 0.135. The molecule has 2 aromatic rings. The van der Waals surface area contributed by atoms with Crippen LogP contribution in [0, 0.1) is 29.1 Å². The highest BCUT2D eigenvalue weighted by Crippen LogP contribution is 2.30. The number of nitrogens with one attached hydrogen (secondary N) is 1. The third-order valence-electron chi connectivity index (χ3n) is 3.06. The van der Waals surface area contributed by atoms with Crippen LogP contribution < -0.4 is 5.32 Å². The molecule has 0 bridgehead atoms. The van der Waals surface area contributed by atoms with Crippen LogP contribution >= 0.6 is 11.3 Å². The molecule has 2 rings (SSSR count). The molecule has 114 valence electrons. The van der Waals surface area contributed by atoms with Gasteiger partial charge >= 0.3 is 0 Å². The van der Waals surface area contributed by atoms with Crippen molar-refractivity contribution in [3.8, 4) is 0 Å². The third kappa shape index (κ3) is 3.08. The molecule has 1 unspecified atom stereocenters. The number of benzene rings is 1. The molecular weight excluding hydrogens is 309 g/mol. The van der Waals surface area contributed by atoms with E-state index >= 15 is 0 Å². The maximum atomic E-state index is 13.8. The van der Waals surface area contributed by atoms with Gasteiger partial charge < -0.3 is 5.32 Å². The summed E-state index contributed by atoms with van der Waals surface area (Å²) in [7, 11) is 0. The normalized spacial score (nSPS) is 12.7. The zero-order chi connectivity index (χ0) is 15.6. The lowest BCUT2D eigenvalue weighted by molar-refractivity contribution is 0.356. The Kier molecular flexibility index (Phi) is 4.95. The molecule has 0 saturated carbocycles. The van der Waals surface area contributed by atoms with Crippen LogP contribution in [-0.4, -0.2) is 6.54 Å². The summed E-state index contributed by atoms with van der Waals surface area (Å²) < 4.78 is 67.4. The molecule has 1 aromatic heterocycles. The topological polar surface area (TPSA) is 12.0 Å². The summed E-state index contributed by atoms with van der Waals surface area (Å²) in [6.45, 7) is 2.01. The van der Waals surface area contributed by atoms with Crippen molar-refractivity contribution in [1.82, 2.24) is 5.32 Å². The molecule has 0 radical (unpaired) electrons. The Morgan fingerprint density at radius 3 is 2.05 bits per heavy atom. The van der Waals surface area contributed by atoms with Crippen molar-refractivity contribution >= 4 is 11.3 Å². The van der Waals surface area contributed by atoms with Crippen molar-refractivity contribution in [1.29, 1.82) is 0 Å². The molecular formula is C14H12F5NS. The van der Waals surface area contributed by atoms with Gasteiger partial charge in [0.2, 0.25) is 5.82 Å². The molecule has 0 amide bonds. The van der Waals surface area contributed by atoms with Crippen LogP contribution in [0.15, 0.2) is 16.8 Å². The molecule has 0 aliphatic heterocycles. The van der Waals surface area contributed by atoms with Gasteiger partial charge in [-0.25, -0.2) is 22.0 Å². The maximum absolute atomic E-state index is 13.8. The van der Waals surface area contributed by atoms with Crippen LogP contribution in [0.2, 0.25) is 0 Å². The number of hydrogen-bond donors (Lipinski definition) is 1. The van der Waals surface area contributed by atoms with Crippen LogP contribution in [0.4, 0.5) is 22.0 Å². The standard InChI is InChI=1S/C14H12F5NS/c1-2-20-8(5-7-3-4-21-6-7)9-10(15)12(17)14(19)13(18)11(9)16/h3-4,6,8,20H,2,5H2,1H3. The second-order valence-corrected chi connectivity index (χ2v) is 5.21. The second-order valence-electron chi connectivity index (χ2n) is 4.43. The van der Waals surface area contributed by atoms with Gasteiger partial charge in [0.25, 0.3) is 0 Å². The van der Waals surface area contributed by atoms with E-state index in [2.05, 4.69) is 5.32 Å². The molecule has 1 heterocycles. The van der Waals surface area contributed by atoms with Crippen molar-refractivity contribution in [2.24, 2.45) is 0 Å². The van der Waals surface area contributed by atoms with E-state index in [-0.39, 0.29) is 6.42 Å². The summed E-state index contributed by atoms with van der Waals surface area (Å²) in [5, 5.41) is 6.30. The number of hydrogen-bond acceptors (Lipinski definition) is 2. The minimum Gasteiger partial charge on any atom is -0.310 e. The van der Waals surface area contributed by atoms with E-state index in [9.17, 15) is 22.0 Å². The minimum absolute atomic E-state index is 0.135. The van der Waals surface area contributed by atoms with E-state index < -0.39 is 40.7 Å². The zero-order valence-electron chi connectivity index (χ0n) is 11.0. The Labute approximate surface area is 122 Å². The van der Waals surface area contributed by atoms with E-state index in [0.717, 1.165) is 5.56 Å². The van der Waals surface area contributed by atoms with Crippen LogP contribution in [0.25, 0.3) is 0 Å². The van der Waals surface area contributed by atoms with Crippen molar-refractivity contribution in [2.45, 2.75) is 19.4 Å². The molecule has 0 aliphatic carbocycles. The molecule has 0 fully saturated rings. The average molecular weight is 321 g/mol. The molecule has 0 spiro atoms. The zero-order valence-corrected chi connectivity index (χ0v) is 11.8. The van der Waals surface area contributed by atoms with Crippen molar-refractivity contribution in [3.63, 3.8) is 0 Å². The predicted molar refractivity (Wildman–Crippen MR) is 70.7 cm³/mol. The van der Waals surface area contributed by atoms with Gasteiger partial charge in [-0.1, -0.05) is 6.92 Å². The monoisotopic (exact) mass is 321 g/mol. The fraction of sp³-hybridized carbons (Fsp3) is 0.286. The maximum Gasteiger partial charge on any atom is 0.200 e. The summed E-state index contributed by atoms with van der Waals surface area (Å²) in [6, 6.07) is 0.746. The Morgan fingerprint density at radius 2 is 1.57 bits per heavy atom. The fourth-order valence-electron chi connectivity index (χ4n) is 2.10. The molecule has 21 heavy (non-hydrogen) atoms. The smallest absolute Gasteiger partial charge is 0.200 e. The van der Waals surface area contributed by atoms with Gasteiger partial charge in [0.05, 0.1) is 0 Å². The van der Waals surface area contributed by atoms with Gasteiger partial charge in [-0.2, -0.15) is 11.3 Å². The first-order chi connectivity index (χ1) is 9.97. The predicted octanol–water partition coefficient (Wildman–Crippen LogP) is 4.34. The molecule has 0 saturated heterocycles. The van der Waals surface area contributed by atoms with E-state index in [1.54, 1.807) is 23.8 Å². The van der Waals surface area contributed by atoms with Gasteiger partial charge in [0.1, 0.15) is 0 Å². The van der Waals surface area contributed by atoms with E-state index in [4.69, 9.17) is 0 Å². The summed E-state index contributed by atoms with van der Waals surface area (Å²) >= 11 is 1.39. The highest BCUT2D eigenvalue weighted by Gasteiger charge is 2.30. The average Bonchev–Trinajstić information content (AvgIpc) is 2.96. The van der Waals surface area contributed by atoms with E-state index in [0.29, 0.717) is 6.54 Å². The Hall–Kier alpha value is -1.47. The van der Waals surface area contributed by atoms with Crippen LogP contribution in [0.5, 0.6) is 0 Å². The SMILES string of the molecule is CCNC(Cc1ccsc1)c1c(F)c(F)c(F)c(F)c1F. The van der Waals surface area contributed by atoms with Gasteiger partial charge in [0, 0.05) is 11.6 Å². The quantitative estimate of drug-likeness (QED) is 0.491. The van der Waals surface area contributed by atoms with Gasteiger partial charge in [-0.05, 0) is 35.4 Å². The number of halogens is 5. The molecule has 7 heteroatoms. The molecule has 1 N–H and O–H groups in total. The summed E-state index contributed by atoms with van der Waals surface area (Å²) in [4.78, 5) is 0. The second kappa shape index (κ2) is 6.53. The van der Waals surface area contributed by atoms with Crippen molar-refractivity contribution in [2.75, 3.05) is 6.54 Å². The highest BCUT2D eigenvalue weighted by molar-refractivity contribution is 7.07. The van der Waals surface area contributed by atoms with Crippen LogP contribution in [0.3, 0.4) is 0 Å². The first-order valence-electron chi connectivity index (χ1n) is 6.23. The highest BCUT2D eigenvalue weighted by atomic mass is 32.1. The van der Waals surface area contributed by atoms with E-state index in [1.807, 2.05) is 0 Å². The Balaban J connectivity index is 2.49. The largest absolute Gasteiger partial charge is 0.310 e. The van der Waals surface area contributed by atoms with Crippen LogP contribution in [-0.2, 0) is 6.42 Å². The van der Waals surface area contributed by atoms with Crippen molar-refractivity contribution < 1.29 is 22.0 Å². The van der Waals surface area contributed by atoms with Gasteiger partial charge in [0.15, 0.2) is 23.3 Å². The van der Waals surface area contributed by atoms with Crippen molar-refractivity contribution in [3.05, 3.63) is 57.0 Å². The number of thiophene rings is 1. The first-order valence-corrected chi connectivity index (χ1v) is 7.17. The Bertz CT molecular complexity index is 598. The molecule has 1 aromatic carbocycles. The number of rotatable bonds is 5. The molecule has 0 aliphatic rings. The number of likely N-dealkylation sites (N-methyl/N-ethyl adjacent to an activating group) is 1. The first kappa shape index (κ1) is 15.9. The summed E-state index contributed by atoms with van der Waals surface area (Å²) in [5.41, 5.74) is -0.0608. The lowest BCUT2D eigenvalue weighted by atomic mass is 9.98. The van der Waals surface area contributed by atoms with Gasteiger partial charge in [-0.3, -0.25) is 0 Å². The third-order valence-corrected chi connectivity index (χ3v) is 3.79. The lowest BCUT2D eigenvalue weighted by Gasteiger charge is -2.20. The lowest BCUT2D eigenvalue weighted by Crippen LogP contribution is -2.26. The molecule has 1 nitrogen and oxygen atoms in total.